The standard InChI is InChI=1S/C22H29NO3/c1-18-8-5-6-9-19(18)14-23(16-22-12-7-13-25-22)15-20(24)17-26-21-10-3-2-4-11-21/h2-6,8-11,20,22,24H,7,12-17H2,1H3/t20-,22-/m1/s1. The molecule has 2 aromatic carbocycles. The van der Waals surface area contributed by atoms with Crippen molar-refractivity contribution in [1.82, 2.24) is 4.90 Å². The molecule has 1 saturated heterocycles. The maximum Gasteiger partial charge on any atom is 0.119 e. The molecule has 0 aliphatic carbocycles. The summed E-state index contributed by atoms with van der Waals surface area (Å²) >= 11 is 0. The summed E-state index contributed by atoms with van der Waals surface area (Å²) in [7, 11) is 0. The summed E-state index contributed by atoms with van der Waals surface area (Å²) in [5.74, 6) is 0.788. The molecule has 0 amide bonds. The number of hydrogen-bond donors (Lipinski definition) is 1. The first-order valence-corrected chi connectivity index (χ1v) is 9.45. The molecule has 4 nitrogen and oxygen atoms in total. The summed E-state index contributed by atoms with van der Waals surface area (Å²) in [6.07, 6.45) is 1.95. The lowest BCUT2D eigenvalue weighted by atomic mass is 10.1. The van der Waals surface area contributed by atoms with Crippen molar-refractivity contribution in [3.63, 3.8) is 0 Å². The van der Waals surface area contributed by atoms with Crippen LogP contribution >= 0.6 is 0 Å². The Morgan fingerprint density at radius 3 is 2.65 bits per heavy atom. The van der Waals surface area contributed by atoms with Crippen LogP contribution in [0.1, 0.15) is 24.0 Å². The van der Waals surface area contributed by atoms with Crippen LogP contribution in [-0.2, 0) is 11.3 Å². The van der Waals surface area contributed by atoms with E-state index in [2.05, 4.69) is 36.1 Å². The summed E-state index contributed by atoms with van der Waals surface area (Å²) in [5, 5.41) is 10.5. The van der Waals surface area contributed by atoms with E-state index in [1.165, 1.54) is 11.1 Å². The largest absolute Gasteiger partial charge is 0.491 e. The Kier molecular flexibility index (Phi) is 7.06. The Balaban J connectivity index is 1.57. The fourth-order valence-corrected chi connectivity index (χ4v) is 3.37. The highest BCUT2D eigenvalue weighted by Gasteiger charge is 2.21. The molecule has 1 N–H and O–H groups in total. The number of hydrogen-bond acceptors (Lipinski definition) is 4. The minimum absolute atomic E-state index is 0.265. The van der Waals surface area contributed by atoms with E-state index in [-0.39, 0.29) is 6.10 Å². The van der Waals surface area contributed by atoms with Crippen molar-refractivity contribution in [2.45, 2.75) is 38.5 Å². The van der Waals surface area contributed by atoms with Crippen LogP contribution in [0.3, 0.4) is 0 Å². The molecule has 26 heavy (non-hydrogen) atoms. The Labute approximate surface area is 156 Å². The molecular weight excluding hydrogens is 326 g/mol. The summed E-state index contributed by atoms with van der Waals surface area (Å²) in [4.78, 5) is 2.29. The van der Waals surface area contributed by atoms with E-state index >= 15 is 0 Å². The van der Waals surface area contributed by atoms with Crippen molar-refractivity contribution in [2.24, 2.45) is 0 Å². The molecule has 2 aromatic rings. The van der Waals surface area contributed by atoms with E-state index in [1.807, 2.05) is 30.3 Å². The van der Waals surface area contributed by atoms with Crippen molar-refractivity contribution in [3.05, 3.63) is 65.7 Å². The molecule has 1 heterocycles. The molecular formula is C22H29NO3. The van der Waals surface area contributed by atoms with Gasteiger partial charge in [0.2, 0.25) is 0 Å². The zero-order chi connectivity index (χ0) is 18.2. The van der Waals surface area contributed by atoms with E-state index in [4.69, 9.17) is 9.47 Å². The van der Waals surface area contributed by atoms with E-state index in [1.54, 1.807) is 0 Å². The van der Waals surface area contributed by atoms with Crippen LogP contribution in [0, 0.1) is 6.92 Å². The zero-order valence-electron chi connectivity index (χ0n) is 15.5. The molecule has 0 unspecified atom stereocenters. The van der Waals surface area contributed by atoms with E-state index in [0.29, 0.717) is 13.2 Å². The average Bonchev–Trinajstić information content (AvgIpc) is 3.16. The molecule has 3 rings (SSSR count). The van der Waals surface area contributed by atoms with Gasteiger partial charge in [0.05, 0.1) is 6.10 Å². The van der Waals surface area contributed by atoms with Gasteiger partial charge in [0.25, 0.3) is 0 Å². The van der Waals surface area contributed by atoms with Gasteiger partial charge in [0.1, 0.15) is 18.5 Å². The van der Waals surface area contributed by atoms with Crippen molar-refractivity contribution >= 4 is 0 Å². The number of benzene rings is 2. The minimum Gasteiger partial charge on any atom is -0.491 e. The summed E-state index contributed by atoms with van der Waals surface area (Å²) in [5.41, 5.74) is 2.57. The molecule has 0 radical (unpaired) electrons. The normalized spacial score (nSPS) is 18.2. The smallest absolute Gasteiger partial charge is 0.119 e. The first kappa shape index (κ1) is 18.9. The molecule has 1 fully saturated rings. The number of aliphatic hydroxyl groups excluding tert-OH is 1. The number of nitrogens with zero attached hydrogens (tertiary/aromatic N) is 1. The van der Waals surface area contributed by atoms with Crippen LogP contribution in [0.2, 0.25) is 0 Å². The molecule has 1 aliphatic rings. The maximum atomic E-state index is 10.5. The molecule has 4 heteroatoms. The van der Waals surface area contributed by atoms with Crippen LogP contribution in [0.4, 0.5) is 0 Å². The lowest BCUT2D eigenvalue weighted by molar-refractivity contribution is 0.0313. The van der Waals surface area contributed by atoms with Crippen molar-refractivity contribution < 1.29 is 14.6 Å². The number of ether oxygens (including phenoxy) is 2. The third kappa shape index (κ3) is 5.84. The van der Waals surface area contributed by atoms with Gasteiger partial charge in [0, 0.05) is 26.2 Å². The Morgan fingerprint density at radius 2 is 1.92 bits per heavy atom. The SMILES string of the molecule is Cc1ccccc1CN(C[C@@H](O)COc1ccccc1)C[C@H]1CCCO1. The quantitative estimate of drug-likeness (QED) is 0.748. The molecule has 1 aliphatic heterocycles. The highest BCUT2D eigenvalue weighted by Crippen LogP contribution is 2.17. The van der Waals surface area contributed by atoms with Crippen molar-refractivity contribution in [3.8, 4) is 5.75 Å². The topological polar surface area (TPSA) is 41.9 Å². The third-order valence-corrected chi connectivity index (χ3v) is 4.80. The number of aliphatic hydroxyl groups is 1. The average molecular weight is 355 g/mol. The highest BCUT2D eigenvalue weighted by atomic mass is 16.5. The van der Waals surface area contributed by atoms with Crippen LogP contribution in [-0.4, -0.2) is 48.5 Å². The Bertz CT molecular complexity index is 655. The number of aryl methyl sites for hydroxylation is 1. The molecule has 2 atom stereocenters. The van der Waals surface area contributed by atoms with Gasteiger partial charge in [-0.2, -0.15) is 0 Å². The number of rotatable bonds is 9. The first-order valence-electron chi connectivity index (χ1n) is 9.45. The van der Waals surface area contributed by atoms with Gasteiger partial charge in [-0.1, -0.05) is 42.5 Å². The fourth-order valence-electron chi connectivity index (χ4n) is 3.37. The van der Waals surface area contributed by atoms with Crippen LogP contribution in [0.15, 0.2) is 54.6 Å². The maximum absolute atomic E-state index is 10.5. The molecule has 140 valence electrons. The van der Waals surface area contributed by atoms with Gasteiger partial charge in [-0.3, -0.25) is 4.90 Å². The Morgan fingerprint density at radius 1 is 1.15 bits per heavy atom. The summed E-state index contributed by atoms with van der Waals surface area (Å²) in [6, 6.07) is 18.1. The number of para-hydroxylation sites is 1. The van der Waals surface area contributed by atoms with Gasteiger partial charge < -0.3 is 14.6 Å². The summed E-state index contributed by atoms with van der Waals surface area (Å²) in [6.45, 7) is 5.50. The molecule has 0 bridgehead atoms. The fraction of sp³-hybridized carbons (Fsp3) is 0.455. The minimum atomic E-state index is -0.541. The van der Waals surface area contributed by atoms with Gasteiger partial charge in [-0.25, -0.2) is 0 Å². The predicted molar refractivity (Wildman–Crippen MR) is 103 cm³/mol. The van der Waals surface area contributed by atoms with Gasteiger partial charge in [-0.15, -0.1) is 0 Å². The zero-order valence-corrected chi connectivity index (χ0v) is 15.5. The van der Waals surface area contributed by atoms with Gasteiger partial charge in [-0.05, 0) is 43.0 Å². The van der Waals surface area contributed by atoms with Crippen molar-refractivity contribution in [1.29, 1.82) is 0 Å². The molecule has 0 spiro atoms. The van der Waals surface area contributed by atoms with Crippen LogP contribution < -0.4 is 4.74 Å². The highest BCUT2D eigenvalue weighted by molar-refractivity contribution is 5.25. The van der Waals surface area contributed by atoms with Crippen LogP contribution in [0.5, 0.6) is 5.75 Å². The van der Waals surface area contributed by atoms with Crippen LogP contribution in [0.25, 0.3) is 0 Å². The second-order valence-electron chi connectivity index (χ2n) is 7.03. The van der Waals surface area contributed by atoms with E-state index < -0.39 is 6.10 Å². The molecule has 0 aromatic heterocycles. The molecule has 0 saturated carbocycles. The Hall–Kier alpha value is -1.88. The first-order chi connectivity index (χ1) is 12.7. The summed E-state index contributed by atoms with van der Waals surface area (Å²) < 4.78 is 11.5. The monoisotopic (exact) mass is 355 g/mol. The lowest BCUT2D eigenvalue weighted by Gasteiger charge is -2.28. The van der Waals surface area contributed by atoms with Gasteiger partial charge >= 0.3 is 0 Å². The second-order valence-corrected chi connectivity index (χ2v) is 7.03. The lowest BCUT2D eigenvalue weighted by Crippen LogP contribution is -2.39. The third-order valence-electron chi connectivity index (χ3n) is 4.80. The second kappa shape index (κ2) is 9.72. The predicted octanol–water partition coefficient (Wildman–Crippen LogP) is 3.42. The van der Waals surface area contributed by atoms with E-state index in [0.717, 1.165) is 38.3 Å². The van der Waals surface area contributed by atoms with Crippen molar-refractivity contribution in [2.75, 3.05) is 26.3 Å². The van der Waals surface area contributed by atoms with E-state index in [9.17, 15) is 5.11 Å². The van der Waals surface area contributed by atoms with Gasteiger partial charge in [0.15, 0.2) is 0 Å².